The van der Waals surface area contributed by atoms with E-state index in [0.29, 0.717) is 17.3 Å². The second kappa shape index (κ2) is 7.77. The minimum atomic E-state index is -0.611. The van der Waals surface area contributed by atoms with Crippen molar-refractivity contribution in [3.8, 4) is 0 Å². The third-order valence-electron chi connectivity index (χ3n) is 5.73. The van der Waals surface area contributed by atoms with Gasteiger partial charge in [-0.1, -0.05) is 36.6 Å². The summed E-state index contributed by atoms with van der Waals surface area (Å²) in [6, 6.07) is 6.99. The number of carbonyl (C=O) groups is 3. The molecule has 0 bridgehead atoms. The Kier molecular flexibility index (Phi) is 5.17. The fraction of sp³-hybridized carbons (Fsp3) is 0.476. The van der Waals surface area contributed by atoms with Crippen LogP contribution in [0.3, 0.4) is 0 Å². The number of aromatic nitrogens is 2. The van der Waals surface area contributed by atoms with Gasteiger partial charge in [0.1, 0.15) is 5.54 Å². The Hall–Kier alpha value is -3.03. The summed E-state index contributed by atoms with van der Waals surface area (Å²) in [4.78, 5) is 42.1. The van der Waals surface area contributed by atoms with Crippen molar-refractivity contribution in [2.45, 2.75) is 64.0 Å². The standard InChI is InChI=1S/C21H24N4O4/c1-14-22-20(24-29-14)21(11-3-2-4-12-21)23-19(28)16-7-5-15(6-8-16)13-25-17(26)9-10-18(25)27/h5-8H,2-4,9-13H2,1H3,(H,23,28). The molecule has 8 nitrogen and oxygen atoms in total. The van der Waals surface area contributed by atoms with Crippen molar-refractivity contribution in [3.63, 3.8) is 0 Å². The molecule has 152 valence electrons. The minimum absolute atomic E-state index is 0.147. The first-order valence-corrected chi connectivity index (χ1v) is 10.0. The molecule has 1 saturated carbocycles. The maximum absolute atomic E-state index is 12.9. The number of nitrogens with zero attached hydrogens (tertiary/aromatic N) is 3. The van der Waals surface area contributed by atoms with Gasteiger partial charge >= 0.3 is 0 Å². The molecular formula is C21H24N4O4. The summed E-state index contributed by atoms with van der Waals surface area (Å²) in [7, 11) is 0. The Morgan fingerprint density at radius 1 is 1.10 bits per heavy atom. The summed E-state index contributed by atoms with van der Waals surface area (Å²) >= 11 is 0. The van der Waals surface area contributed by atoms with E-state index in [-0.39, 0.29) is 37.1 Å². The van der Waals surface area contributed by atoms with Crippen LogP contribution in [0.15, 0.2) is 28.8 Å². The van der Waals surface area contributed by atoms with E-state index >= 15 is 0 Å². The average Bonchev–Trinajstić information content (AvgIpc) is 3.30. The van der Waals surface area contributed by atoms with Crippen molar-refractivity contribution in [3.05, 3.63) is 47.1 Å². The van der Waals surface area contributed by atoms with E-state index in [9.17, 15) is 14.4 Å². The van der Waals surface area contributed by atoms with E-state index in [2.05, 4.69) is 15.5 Å². The van der Waals surface area contributed by atoms with Gasteiger partial charge in [0.25, 0.3) is 5.91 Å². The monoisotopic (exact) mass is 396 g/mol. The van der Waals surface area contributed by atoms with Crippen LogP contribution in [0.1, 0.15) is 72.6 Å². The SMILES string of the molecule is Cc1nc(C2(NC(=O)c3ccc(CN4C(=O)CCC4=O)cc3)CCCCC2)no1. The normalized spacial score (nSPS) is 18.9. The van der Waals surface area contributed by atoms with Crippen LogP contribution in [-0.2, 0) is 21.7 Å². The summed E-state index contributed by atoms with van der Waals surface area (Å²) in [6.07, 6.45) is 5.20. The summed E-state index contributed by atoms with van der Waals surface area (Å²) < 4.78 is 5.15. The molecule has 1 aromatic carbocycles. The number of likely N-dealkylation sites (tertiary alicyclic amines) is 1. The van der Waals surface area contributed by atoms with Gasteiger partial charge < -0.3 is 9.84 Å². The molecule has 2 aliphatic rings. The number of carbonyl (C=O) groups excluding carboxylic acids is 3. The number of nitrogens with one attached hydrogen (secondary N) is 1. The van der Waals surface area contributed by atoms with Gasteiger partial charge in [0.05, 0.1) is 6.54 Å². The first-order valence-electron chi connectivity index (χ1n) is 10.0. The van der Waals surface area contributed by atoms with Gasteiger partial charge in [0.2, 0.25) is 17.7 Å². The molecule has 0 spiro atoms. The van der Waals surface area contributed by atoms with Crippen LogP contribution in [0.2, 0.25) is 0 Å². The van der Waals surface area contributed by atoms with Gasteiger partial charge in [-0.2, -0.15) is 4.98 Å². The number of rotatable bonds is 5. The van der Waals surface area contributed by atoms with Crippen LogP contribution in [0, 0.1) is 6.92 Å². The zero-order chi connectivity index (χ0) is 20.4. The fourth-order valence-electron chi connectivity index (χ4n) is 4.09. The van der Waals surface area contributed by atoms with Crippen molar-refractivity contribution in [2.75, 3.05) is 0 Å². The molecule has 4 rings (SSSR count). The average molecular weight is 396 g/mol. The molecule has 2 heterocycles. The second-order valence-corrected chi connectivity index (χ2v) is 7.80. The lowest BCUT2D eigenvalue weighted by Gasteiger charge is -2.35. The first kappa shape index (κ1) is 19.3. The number of hydrogen-bond donors (Lipinski definition) is 1. The van der Waals surface area contributed by atoms with E-state index in [0.717, 1.165) is 37.7 Å². The Morgan fingerprint density at radius 3 is 2.34 bits per heavy atom. The topological polar surface area (TPSA) is 105 Å². The van der Waals surface area contributed by atoms with E-state index in [1.165, 1.54) is 4.90 Å². The molecule has 0 atom stereocenters. The van der Waals surface area contributed by atoms with Crippen molar-refractivity contribution in [1.82, 2.24) is 20.4 Å². The zero-order valence-electron chi connectivity index (χ0n) is 16.4. The van der Waals surface area contributed by atoms with Crippen molar-refractivity contribution in [2.24, 2.45) is 0 Å². The molecule has 2 fully saturated rings. The van der Waals surface area contributed by atoms with Crippen LogP contribution in [0.4, 0.5) is 0 Å². The molecule has 1 N–H and O–H groups in total. The van der Waals surface area contributed by atoms with Gasteiger partial charge in [0.15, 0.2) is 5.82 Å². The lowest BCUT2D eigenvalue weighted by atomic mass is 9.80. The number of hydrogen-bond acceptors (Lipinski definition) is 6. The third-order valence-corrected chi connectivity index (χ3v) is 5.73. The summed E-state index contributed by atoms with van der Waals surface area (Å²) in [5, 5.41) is 7.22. The van der Waals surface area contributed by atoms with Crippen LogP contribution in [0.25, 0.3) is 0 Å². The number of amides is 3. The molecule has 0 unspecified atom stereocenters. The first-order chi connectivity index (χ1) is 14.0. The van der Waals surface area contributed by atoms with Crippen molar-refractivity contribution >= 4 is 17.7 Å². The number of benzene rings is 1. The lowest BCUT2D eigenvalue weighted by molar-refractivity contribution is -0.139. The number of aryl methyl sites for hydroxylation is 1. The summed E-state index contributed by atoms with van der Waals surface area (Å²) in [5.74, 6) is 0.521. The van der Waals surface area contributed by atoms with Gasteiger partial charge in [-0.3, -0.25) is 19.3 Å². The maximum Gasteiger partial charge on any atom is 0.252 e. The number of imide groups is 1. The van der Waals surface area contributed by atoms with E-state index in [1.807, 2.05) is 0 Å². The predicted molar refractivity (Wildman–Crippen MR) is 102 cm³/mol. The van der Waals surface area contributed by atoms with Crippen LogP contribution in [0.5, 0.6) is 0 Å². The zero-order valence-corrected chi connectivity index (χ0v) is 16.4. The highest BCUT2D eigenvalue weighted by Gasteiger charge is 2.39. The molecule has 1 aliphatic heterocycles. The highest BCUT2D eigenvalue weighted by Crippen LogP contribution is 2.36. The Morgan fingerprint density at radius 2 is 1.76 bits per heavy atom. The summed E-state index contributed by atoms with van der Waals surface area (Å²) in [6.45, 7) is 1.98. The molecule has 29 heavy (non-hydrogen) atoms. The van der Waals surface area contributed by atoms with Crippen molar-refractivity contribution < 1.29 is 18.9 Å². The molecule has 1 saturated heterocycles. The van der Waals surface area contributed by atoms with E-state index < -0.39 is 5.54 Å². The van der Waals surface area contributed by atoms with Gasteiger partial charge in [-0.05, 0) is 30.5 Å². The molecule has 8 heteroatoms. The van der Waals surface area contributed by atoms with E-state index in [1.54, 1.807) is 31.2 Å². The summed E-state index contributed by atoms with van der Waals surface area (Å²) in [5.41, 5.74) is 0.712. The van der Waals surface area contributed by atoms with Crippen molar-refractivity contribution in [1.29, 1.82) is 0 Å². The largest absolute Gasteiger partial charge is 0.340 e. The predicted octanol–water partition coefficient (Wildman–Crippen LogP) is 2.62. The molecule has 2 aromatic rings. The maximum atomic E-state index is 12.9. The smallest absolute Gasteiger partial charge is 0.252 e. The van der Waals surface area contributed by atoms with Gasteiger partial charge in [-0.25, -0.2) is 0 Å². The van der Waals surface area contributed by atoms with Crippen LogP contribution >= 0.6 is 0 Å². The highest BCUT2D eigenvalue weighted by atomic mass is 16.5. The second-order valence-electron chi connectivity index (χ2n) is 7.80. The van der Waals surface area contributed by atoms with Gasteiger partial charge in [0, 0.05) is 25.3 Å². The molecule has 1 aliphatic carbocycles. The fourth-order valence-corrected chi connectivity index (χ4v) is 4.09. The highest BCUT2D eigenvalue weighted by molar-refractivity contribution is 6.01. The van der Waals surface area contributed by atoms with Crippen LogP contribution in [-0.4, -0.2) is 32.8 Å². The van der Waals surface area contributed by atoms with Gasteiger partial charge in [-0.15, -0.1) is 0 Å². The lowest BCUT2D eigenvalue weighted by Crippen LogP contribution is -2.48. The molecular weight excluding hydrogens is 372 g/mol. The van der Waals surface area contributed by atoms with E-state index in [4.69, 9.17) is 4.52 Å². The minimum Gasteiger partial charge on any atom is -0.340 e. The Labute approximate surface area is 168 Å². The Bertz CT molecular complexity index is 912. The molecule has 1 aromatic heterocycles. The molecule has 0 radical (unpaired) electrons. The van der Waals surface area contributed by atoms with Crippen LogP contribution < -0.4 is 5.32 Å². The quantitative estimate of drug-likeness (QED) is 0.779. The third kappa shape index (κ3) is 3.92. The Balaban J connectivity index is 1.48. The molecule has 3 amide bonds.